The lowest BCUT2D eigenvalue weighted by atomic mass is 9.81. The van der Waals surface area contributed by atoms with E-state index >= 15 is 0 Å². The number of ether oxygens (including phenoxy) is 2. The molecule has 0 saturated carbocycles. The third-order valence-electron chi connectivity index (χ3n) is 4.36. The Kier molecular flexibility index (Phi) is 5.31. The average molecular weight is 352 g/mol. The van der Waals surface area contributed by atoms with Crippen molar-refractivity contribution in [1.29, 1.82) is 0 Å². The molecule has 26 heavy (non-hydrogen) atoms. The van der Waals surface area contributed by atoms with Gasteiger partial charge in [-0.1, -0.05) is 30.3 Å². The van der Waals surface area contributed by atoms with Crippen LogP contribution in [-0.2, 0) is 14.3 Å². The van der Waals surface area contributed by atoms with E-state index in [4.69, 9.17) is 4.74 Å². The van der Waals surface area contributed by atoms with E-state index in [1.807, 2.05) is 42.5 Å². The Morgan fingerprint density at radius 1 is 1.12 bits per heavy atom. The molecule has 0 N–H and O–H groups in total. The van der Waals surface area contributed by atoms with Gasteiger partial charge in [0.15, 0.2) is 0 Å². The fraction of sp³-hybridized carbons (Fsp3) is 0.250. The number of carbonyl (C=O) groups is 2. The van der Waals surface area contributed by atoms with Crippen molar-refractivity contribution >= 4 is 23.8 Å². The van der Waals surface area contributed by atoms with Crippen LogP contribution in [-0.4, -0.2) is 44.9 Å². The Bertz CT molecular complexity index is 802. The van der Waals surface area contributed by atoms with E-state index in [0.29, 0.717) is 0 Å². The van der Waals surface area contributed by atoms with Gasteiger partial charge in [0.05, 0.1) is 26.2 Å². The second-order valence-corrected chi connectivity index (χ2v) is 5.85. The Balaban J connectivity index is 1.87. The molecule has 134 valence electrons. The van der Waals surface area contributed by atoms with Crippen LogP contribution in [0.15, 0.2) is 59.6 Å². The number of hydrogen-bond acceptors (Lipinski definition) is 5. The fourth-order valence-corrected chi connectivity index (χ4v) is 3.00. The largest absolute Gasteiger partial charge is 0.497 e. The molecule has 2 atom stereocenters. The van der Waals surface area contributed by atoms with Crippen molar-refractivity contribution in [2.24, 2.45) is 4.99 Å². The smallest absolute Gasteiger partial charge is 0.327 e. The number of amides is 1. The minimum Gasteiger partial charge on any atom is -0.497 e. The van der Waals surface area contributed by atoms with Gasteiger partial charge in [-0.15, -0.1) is 0 Å². The fourth-order valence-electron chi connectivity index (χ4n) is 3.00. The number of aliphatic imine (C=N–C) groups is 1. The minimum atomic E-state index is -0.417. The van der Waals surface area contributed by atoms with Gasteiger partial charge in [0, 0.05) is 11.9 Å². The van der Waals surface area contributed by atoms with Crippen LogP contribution in [0, 0.1) is 0 Å². The van der Waals surface area contributed by atoms with Crippen molar-refractivity contribution in [3.63, 3.8) is 0 Å². The molecule has 1 heterocycles. The summed E-state index contributed by atoms with van der Waals surface area (Å²) < 4.78 is 9.77. The SMILES string of the molecule is COC(=O)CN=C[C@@H]1[C@H](c2ccccc2)C(=O)N1c1ccc(OC)cc1. The van der Waals surface area contributed by atoms with E-state index in [9.17, 15) is 9.59 Å². The Morgan fingerprint density at radius 2 is 1.81 bits per heavy atom. The van der Waals surface area contributed by atoms with Gasteiger partial charge < -0.3 is 14.4 Å². The maximum absolute atomic E-state index is 12.8. The molecule has 6 heteroatoms. The van der Waals surface area contributed by atoms with Gasteiger partial charge >= 0.3 is 5.97 Å². The summed E-state index contributed by atoms with van der Waals surface area (Å²) in [4.78, 5) is 30.0. The number of carbonyl (C=O) groups excluding carboxylic acids is 2. The number of nitrogens with zero attached hydrogens (tertiary/aromatic N) is 2. The number of rotatable bonds is 6. The topological polar surface area (TPSA) is 68.2 Å². The lowest BCUT2D eigenvalue weighted by Crippen LogP contribution is -2.60. The summed E-state index contributed by atoms with van der Waals surface area (Å²) in [5, 5.41) is 0. The predicted octanol–water partition coefficient (Wildman–Crippen LogP) is 2.44. The van der Waals surface area contributed by atoms with Gasteiger partial charge in [0.1, 0.15) is 12.3 Å². The molecule has 2 aromatic rings. The zero-order valence-corrected chi connectivity index (χ0v) is 14.7. The second-order valence-electron chi connectivity index (χ2n) is 5.85. The summed E-state index contributed by atoms with van der Waals surface area (Å²) in [5.41, 5.74) is 1.69. The first-order valence-corrected chi connectivity index (χ1v) is 8.24. The van der Waals surface area contributed by atoms with Crippen LogP contribution in [0.3, 0.4) is 0 Å². The molecular weight excluding hydrogens is 332 g/mol. The third-order valence-corrected chi connectivity index (χ3v) is 4.36. The highest BCUT2D eigenvalue weighted by molar-refractivity contribution is 6.12. The molecule has 0 spiro atoms. The first kappa shape index (κ1) is 17.7. The maximum Gasteiger partial charge on any atom is 0.327 e. The highest BCUT2D eigenvalue weighted by atomic mass is 16.5. The molecule has 0 radical (unpaired) electrons. The Morgan fingerprint density at radius 3 is 2.42 bits per heavy atom. The molecule has 1 aliphatic heterocycles. The molecule has 6 nitrogen and oxygen atoms in total. The quantitative estimate of drug-likeness (QED) is 0.455. The van der Waals surface area contributed by atoms with Crippen LogP contribution in [0.5, 0.6) is 5.75 Å². The van der Waals surface area contributed by atoms with Crippen LogP contribution >= 0.6 is 0 Å². The minimum absolute atomic E-state index is 0.00381. The summed E-state index contributed by atoms with van der Waals surface area (Å²) in [7, 11) is 2.92. The number of benzene rings is 2. The molecule has 1 amide bonds. The molecule has 0 bridgehead atoms. The Hall–Kier alpha value is -3.15. The molecule has 0 unspecified atom stereocenters. The van der Waals surface area contributed by atoms with E-state index in [1.54, 1.807) is 30.4 Å². The first-order valence-electron chi connectivity index (χ1n) is 8.24. The lowest BCUT2D eigenvalue weighted by molar-refractivity contribution is -0.138. The summed E-state index contributed by atoms with van der Waals surface area (Å²) in [6.07, 6.45) is 1.65. The van der Waals surface area contributed by atoms with Gasteiger partial charge in [-0.05, 0) is 29.8 Å². The molecular formula is C20H20N2O4. The van der Waals surface area contributed by atoms with E-state index in [-0.39, 0.29) is 24.4 Å². The summed E-state index contributed by atoms with van der Waals surface area (Å²) in [5.74, 6) is -0.0213. The first-order chi connectivity index (χ1) is 12.7. The zero-order chi connectivity index (χ0) is 18.5. The van der Waals surface area contributed by atoms with Crippen LogP contribution in [0.2, 0.25) is 0 Å². The lowest BCUT2D eigenvalue weighted by Gasteiger charge is -2.45. The number of esters is 1. The van der Waals surface area contributed by atoms with E-state index in [2.05, 4.69) is 9.73 Å². The van der Waals surface area contributed by atoms with Crippen molar-refractivity contribution < 1.29 is 19.1 Å². The second kappa shape index (κ2) is 7.82. The zero-order valence-electron chi connectivity index (χ0n) is 14.7. The normalized spacial score (nSPS) is 19.3. The number of hydrogen-bond donors (Lipinski definition) is 0. The Labute approximate surface area is 152 Å². The summed E-state index contributed by atoms with van der Waals surface area (Å²) in [6, 6.07) is 16.6. The average Bonchev–Trinajstić information content (AvgIpc) is 2.68. The summed E-state index contributed by atoms with van der Waals surface area (Å²) in [6.45, 7) is -0.0703. The third kappa shape index (κ3) is 3.44. The van der Waals surface area contributed by atoms with Crippen LogP contribution < -0.4 is 9.64 Å². The summed E-state index contributed by atoms with van der Waals surface area (Å²) >= 11 is 0. The van der Waals surface area contributed by atoms with Crippen molar-refractivity contribution in [3.05, 3.63) is 60.2 Å². The predicted molar refractivity (Wildman–Crippen MR) is 98.8 cm³/mol. The molecule has 2 aromatic carbocycles. The molecule has 0 aliphatic carbocycles. The van der Waals surface area contributed by atoms with Crippen LogP contribution in [0.4, 0.5) is 5.69 Å². The monoisotopic (exact) mass is 352 g/mol. The molecule has 1 aliphatic rings. The highest BCUT2D eigenvalue weighted by Crippen LogP contribution is 2.39. The van der Waals surface area contributed by atoms with Crippen molar-refractivity contribution in [2.45, 2.75) is 12.0 Å². The molecule has 1 fully saturated rings. The van der Waals surface area contributed by atoms with Crippen LogP contribution in [0.25, 0.3) is 0 Å². The van der Waals surface area contributed by atoms with Crippen LogP contribution in [0.1, 0.15) is 11.5 Å². The molecule has 0 aromatic heterocycles. The molecule has 3 rings (SSSR count). The highest BCUT2D eigenvalue weighted by Gasteiger charge is 2.47. The van der Waals surface area contributed by atoms with E-state index < -0.39 is 5.97 Å². The van der Waals surface area contributed by atoms with E-state index in [0.717, 1.165) is 17.0 Å². The standard InChI is InChI=1S/C20H20N2O4/c1-25-16-10-8-15(9-11-16)22-17(12-21-13-18(23)26-2)19(20(22)24)14-6-4-3-5-7-14/h3-12,17,19H,13H2,1-2H3/t17-,19+/m1/s1. The van der Waals surface area contributed by atoms with E-state index in [1.165, 1.54) is 7.11 Å². The van der Waals surface area contributed by atoms with Gasteiger partial charge in [0.25, 0.3) is 0 Å². The number of β-lactam (4-membered cyclic amide) rings is 1. The van der Waals surface area contributed by atoms with Crippen molar-refractivity contribution in [3.8, 4) is 5.75 Å². The van der Waals surface area contributed by atoms with Gasteiger partial charge in [0.2, 0.25) is 5.91 Å². The van der Waals surface area contributed by atoms with Crippen molar-refractivity contribution in [2.75, 3.05) is 25.7 Å². The van der Waals surface area contributed by atoms with Crippen molar-refractivity contribution in [1.82, 2.24) is 0 Å². The number of anilines is 1. The van der Waals surface area contributed by atoms with Gasteiger partial charge in [-0.2, -0.15) is 0 Å². The van der Waals surface area contributed by atoms with Gasteiger partial charge in [-0.3, -0.25) is 14.6 Å². The molecule has 1 saturated heterocycles. The number of methoxy groups -OCH3 is 2. The maximum atomic E-state index is 12.8. The van der Waals surface area contributed by atoms with Gasteiger partial charge in [-0.25, -0.2) is 0 Å².